The van der Waals surface area contributed by atoms with Crippen LogP contribution in [-0.4, -0.2) is 29.0 Å². The number of benzene rings is 1. The Balaban J connectivity index is 1.65. The Morgan fingerprint density at radius 1 is 1.19 bits per heavy atom. The second-order valence-corrected chi connectivity index (χ2v) is 5.19. The molecule has 0 bridgehead atoms. The summed E-state index contributed by atoms with van der Waals surface area (Å²) in [6.45, 7) is 1.74. The molecule has 0 saturated carbocycles. The molecule has 2 N–H and O–H groups in total. The predicted octanol–water partition coefficient (Wildman–Crippen LogP) is 2.08. The van der Waals surface area contributed by atoms with Gasteiger partial charge in [0.1, 0.15) is 0 Å². The molecule has 0 radical (unpaired) electrons. The van der Waals surface area contributed by atoms with Gasteiger partial charge in [-0.3, -0.25) is 4.79 Å². The highest BCUT2D eigenvalue weighted by Crippen LogP contribution is 2.16. The lowest BCUT2D eigenvalue weighted by atomic mass is 9.99. The molecule has 1 amide bonds. The monoisotopic (exact) mass is 282 g/mol. The van der Waals surface area contributed by atoms with E-state index in [4.69, 9.17) is 0 Å². The van der Waals surface area contributed by atoms with Gasteiger partial charge < -0.3 is 10.6 Å². The average molecular weight is 282 g/mol. The van der Waals surface area contributed by atoms with Crippen molar-refractivity contribution in [1.29, 1.82) is 0 Å². The molecule has 1 saturated heterocycles. The van der Waals surface area contributed by atoms with E-state index >= 15 is 0 Å². The van der Waals surface area contributed by atoms with Crippen LogP contribution in [0.5, 0.6) is 0 Å². The molecule has 1 aliphatic heterocycles. The maximum absolute atomic E-state index is 12.1. The highest BCUT2D eigenvalue weighted by Gasteiger charge is 2.20. The zero-order chi connectivity index (χ0) is 14.5. The van der Waals surface area contributed by atoms with Crippen LogP contribution in [0.2, 0.25) is 0 Å². The SMILES string of the molecule is O=C(Nc1cnc(-c2ccccc2)nc1)C1CCCNC1. The highest BCUT2D eigenvalue weighted by molar-refractivity contribution is 5.92. The Labute approximate surface area is 123 Å². The number of carbonyl (C=O) groups excluding carboxylic acids is 1. The molecule has 1 aromatic carbocycles. The van der Waals surface area contributed by atoms with E-state index in [2.05, 4.69) is 20.6 Å². The molecule has 1 unspecified atom stereocenters. The number of nitrogens with zero attached hydrogens (tertiary/aromatic N) is 2. The minimum Gasteiger partial charge on any atom is -0.323 e. The summed E-state index contributed by atoms with van der Waals surface area (Å²) < 4.78 is 0. The van der Waals surface area contributed by atoms with Crippen molar-refractivity contribution in [2.45, 2.75) is 12.8 Å². The quantitative estimate of drug-likeness (QED) is 0.904. The molecule has 2 aromatic rings. The first-order valence-electron chi connectivity index (χ1n) is 7.22. The lowest BCUT2D eigenvalue weighted by molar-refractivity contribution is -0.120. The molecular formula is C16H18N4O. The van der Waals surface area contributed by atoms with Crippen LogP contribution in [0.25, 0.3) is 11.4 Å². The van der Waals surface area contributed by atoms with Gasteiger partial charge in [-0.25, -0.2) is 9.97 Å². The summed E-state index contributed by atoms with van der Waals surface area (Å²) in [7, 11) is 0. The minimum atomic E-state index is 0.0348. The van der Waals surface area contributed by atoms with Gasteiger partial charge in [0.2, 0.25) is 5.91 Å². The van der Waals surface area contributed by atoms with Crippen molar-refractivity contribution >= 4 is 11.6 Å². The number of hydrogen-bond donors (Lipinski definition) is 2. The van der Waals surface area contributed by atoms with Gasteiger partial charge in [-0.1, -0.05) is 30.3 Å². The molecule has 2 heterocycles. The van der Waals surface area contributed by atoms with E-state index in [0.717, 1.165) is 31.5 Å². The van der Waals surface area contributed by atoms with Crippen LogP contribution in [0.1, 0.15) is 12.8 Å². The van der Waals surface area contributed by atoms with E-state index in [9.17, 15) is 4.79 Å². The molecular weight excluding hydrogens is 264 g/mol. The molecule has 1 aliphatic rings. The molecule has 3 rings (SSSR count). The van der Waals surface area contributed by atoms with Crippen molar-refractivity contribution in [3.63, 3.8) is 0 Å². The number of hydrogen-bond acceptors (Lipinski definition) is 4. The van der Waals surface area contributed by atoms with Crippen molar-refractivity contribution in [2.24, 2.45) is 5.92 Å². The second-order valence-electron chi connectivity index (χ2n) is 5.19. The van der Waals surface area contributed by atoms with Crippen molar-refractivity contribution in [1.82, 2.24) is 15.3 Å². The number of amides is 1. The maximum atomic E-state index is 12.1. The van der Waals surface area contributed by atoms with Gasteiger partial charge >= 0.3 is 0 Å². The Morgan fingerprint density at radius 3 is 2.62 bits per heavy atom. The molecule has 0 spiro atoms. The Bertz CT molecular complexity index is 591. The molecule has 1 aromatic heterocycles. The predicted molar refractivity (Wildman–Crippen MR) is 81.7 cm³/mol. The summed E-state index contributed by atoms with van der Waals surface area (Å²) in [5, 5.41) is 6.13. The standard InChI is InChI=1S/C16H18N4O/c21-16(13-7-4-8-17-9-13)20-14-10-18-15(19-11-14)12-5-2-1-3-6-12/h1-3,5-6,10-11,13,17H,4,7-9H2,(H,20,21). The van der Waals surface area contributed by atoms with Crippen LogP contribution in [0, 0.1) is 5.92 Å². The van der Waals surface area contributed by atoms with Gasteiger partial charge in [0.25, 0.3) is 0 Å². The van der Waals surface area contributed by atoms with E-state index in [1.807, 2.05) is 30.3 Å². The van der Waals surface area contributed by atoms with Crippen LogP contribution in [0.15, 0.2) is 42.7 Å². The van der Waals surface area contributed by atoms with E-state index in [0.29, 0.717) is 11.5 Å². The summed E-state index contributed by atoms with van der Waals surface area (Å²) >= 11 is 0. The Hall–Kier alpha value is -2.27. The number of anilines is 1. The minimum absolute atomic E-state index is 0.0348. The fourth-order valence-electron chi connectivity index (χ4n) is 2.45. The summed E-state index contributed by atoms with van der Waals surface area (Å²) in [6.07, 6.45) is 5.29. The first-order valence-corrected chi connectivity index (χ1v) is 7.22. The molecule has 1 fully saturated rings. The van der Waals surface area contributed by atoms with E-state index < -0.39 is 0 Å². The van der Waals surface area contributed by atoms with Crippen molar-refractivity contribution in [3.8, 4) is 11.4 Å². The second kappa shape index (κ2) is 6.45. The number of nitrogens with one attached hydrogen (secondary N) is 2. The first-order chi connectivity index (χ1) is 10.3. The molecule has 0 aliphatic carbocycles. The van der Waals surface area contributed by atoms with Gasteiger partial charge in [0.05, 0.1) is 24.0 Å². The third kappa shape index (κ3) is 3.44. The van der Waals surface area contributed by atoms with Crippen LogP contribution < -0.4 is 10.6 Å². The number of aromatic nitrogens is 2. The average Bonchev–Trinajstić information content (AvgIpc) is 2.57. The largest absolute Gasteiger partial charge is 0.323 e. The van der Waals surface area contributed by atoms with Crippen molar-refractivity contribution in [2.75, 3.05) is 18.4 Å². The third-order valence-corrected chi connectivity index (χ3v) is 3.62. The van der Waals surface area contributed by atoms with Crippen LogP contribution in [-0.2, 0) is 4.79 Å². The lowest BCUT2D eigenvalue weighted by Crippen LogP contribution is -2.37. The summed E-state index contributed by atoms with van der Waals surface area (Å²) in [5.41, 5.74) is 1.61. The van der Waals surface area contributed by atoms with E-state index in [1.165, 1.54) is 0 Å². The Morgan fingerprint density at radius 2 is 1.95 bits per heavy atom. The topological polar surface area (TPSA) is 66.9 Å². The van der Waals surface area contributed by atoms with Crippen LogP contribution in [0.4, 0.5) is 5.69 Å². The Kier molecular flexibility index (Phi) is 4.21. The molecule has 108 valence electrons. The van der Waals surface area contributed by atoms with Crippen LogP contribution >= 0.6 is 0 Å². The van der Waals surface area contributed by atoms with Gasteiger partial charge in [-0.15, -0.1) is 0 Å². The fraction of sp³-hybridized carbons (Fsp3) is 0.312. The van der Waals surface area contributed by atoms with E-state index in [-0.39, 0.29) is 11.8 Å². The number of carbonyl (C=O) groups is 1. The summed E-state index contributed by atoms with van der Waals surface area (Å²) in [6, 6.07) is 9.77. The van der Waals surface area contributed by atoms with Gasteiger partial charge in [0, 0.05) is 12.1 Å². The number of rotatable bonds is 3. The third-order valence-electron chi connectivity index (χ3n) is 3.62. The summed E-state index contributed by atoms with van der Waals surface area (Å²) in [4.78, 5) is 20.7. The molecule has 5 heteroatoms. The van der Waals surface area contributed by atoms with Gasteiger partial charge in [-0.05, 0) is 19.4 Å². The fourth-order valence-corrected chi connectivity index (χ4v) is 2.45. The van der Waals surface area contributed by atoms with Gasteiger partial charge in [0.15, 0.2) is 5.82 Å². The zero-order valence-electron chi connectivity index (χ0n) is 11.7. The highest BCUT2D eigenvalue weighted by atomic mass is 16.1. The zero-order valence-corrected chi connectivity index (χ0v) is 11.7. The van der Waals surface area contributed by atoms with Gasteiger partial charge in [-0.2, -0.15) is 0 Å². The normalized spacial score (nSPS) is 18.2. The summed E-state index contributed by atoms with van der Waals surface area (Å²) in [5.74, 6) is 0.735. The number of piperidine rings is 1. The van der Waals surface area contributed by atoms with Crippen molar-refractivity contribution < 1.29 is 4.79 Å². The van der Waals surface area contributed by atoms with Crippen LogP contribution in [0.3, 0.4) is 0 Å². The smallest absolute Gasteiger partial charge is 0.228 e. The first kappa shape index (κ1) is 13.7. The molecule has 5 nitrogen and oxygen atoms in total. The van der Waals surface area contributed by atoms with E-state index in [1.54, 1.807) is 12.4 Å². The lowest BCUT2D eigenvalue weighted by Gasteiger charge is -2.21. The molecule has 1 atom stereocenters. The van der Waals surface area contributed by atoms with Crippen molar-refractivity contribution in [3.05, 3.63) is 42.7 Å². The maximum Gasteiger partial charge on any atom is 0.228 e. The molecule has 21 heavy (non-hydrogen) atoms.